The van der Waals surface area contributed by atoms with Gasteiger partial charge in [-0.1, -0.05) is 25.3 Å². The minimum atomic E-state index is -0.0749. The standard InChI is InChI=1S/C19H30N4O2/c24-18(21-11-7-17-6-2-5-10-20-17)22-16-19(8-3-1-4-9-19)23-12-14-25-15-13-23/h2,5-6,10H,1,3-4,7-9,11-16H2,(H2,21,22,24). The minimum Gasteiger partial charge on any atom is -0.379 e. The molecule has 2 amide bonds. The summed E-state index contributed by atoms with van der Waals surface area (Å²) in [4.78, 5) is 19.0. The molecule has 1 saturated carbocycles. The average molecular weight is 346 g/mol. The first-order chi connectivity index (χ1) is 12.3. The summed E-state index contributed by atoms with van der Waals surface area (Å²) in [6.45, 7) is 4.89. The number of hydrogen-bond acceptors (Lipinski definition) is 4. The van der Waals surface area contributed by atoms with E-state index in [0.29, 0.717) is 6.54 Å². The SMILES string of the molecule is O=C(NCCc1ccccn1)NCC1(N2CCOCC2)CCCCC1. The molecule has 3 rings (SSSR count). The van der Waals surface area contributed by atoms with Crippen LogP contribution in [0.15, 0.2) is 24.4 Å². The van der Waals surface area contributed by atoms with E-state index in [2.05, 4.69) is 20.5 Å². The molecule has 1 aromatic rings. The first kappa shape index (κ1) is 18.1. The zero-order chi connectivity index (χ0) is 17.4. The molecule has 0 atom stereocenters. The summed E-state index contributed by atoms with van der Waals surface area (Å²) in [7, 11) is 0. The zero-order valence-corrected chi connectivity index (χ0v) is 15.0. The number of amides is 2. The molecule has 1 aromatic heterocycles. The Morgan fingerprint density at radius 1 is 1.16 bits per heavy atom. The van der Waals surface area contributed by atoms with Gasteiger partial charge in [0, 0.05) is 50.0 Å². The Kier molecular flexibility index (Phi) is 6.64. The van der Waals surface area contributed by atoms with Gasteiger partial charge in [-0.05, 0) is 25.0 Å². The third kappa shape index (κ3) is 5.16. The largest absolute Gasteiger partial charge is 0.379 e. The quantitative estimate of drug-likeness (QED) is 0.826. The highest BCUT2D eigenvalue weighted by Crippen LogP contribution is 2.33. The number of carbonyl (C=O) groups is 1. The molecule has 0 bridgehead atoms. The van der Waals surface area contributed by atoms with E-state index in [1.807, 2.05) is 18.2 Å². The van der Waals surface area contributed by atoms with E-state index in [-0.39, 0.29) is 11.6 Å². The molecule has 0 aromatic carbocycles. The lowest BCUT2D eigenvalue weighted by Crippen LogP contribution is -2.60. The fourth-order valence-electron chi connectivity index (χ4n) is 4.01. The van der Waals surface area contributed by atoms with Crippen LogP contribution >= 0.6 is 0 Å². The molecule has 0 spiro atoms. The molecule has 2 heterocycles. The fourth-order valence-corrected chi connectivity index (χ4v) is 4.01. The molecule has 0 radical (unpaired) electrons. The van der Waals surface area contributed by atoms with E-state index in [0.717, 1.165) is 45.0 Å². The number of ether oxygens (including phenoxy) is 1. The van der Waals surface area contributed by atoms with Crippen LogP contribution < -0.4 is 10.6 Å². The summed E-state index contributed by atoms with van der Waals surface area (Å²) in [5.74, 6) is 0. The summed E-state index contributed by atoms with van der Waals surface area (Å²) in [6, 6.07) is 5.78. The van der Waals surface area contributed by atoms with Gasteiger partial charge in [0.15, 0.2) is 0 Å². The maximum atomic E-state index is 12.2. The Morgan fingerprint density at radius 2 is 1.96 bits per heavy atom. The van der Waals surface area contributed by atoms with Gasteiger partial charge >= 0.3 is 6.03 Å². The van der Waals surface area contributed by atoms with Gasteiger partial charge in [0.05, 0.1) is 13.2 Å². The molecule has 138 valence electrons. The number of morpholine rings is 1. The van der Waals surface area contributed by atoms with Crippen LogP contribution in [0.1, 0.15) is 37.8 Å². The summed E-state index contributed by atoms with van der Waals surface area (Å²) in [5.41, 5.74) is 1.11. The van der Waals surface area contributed by atoms with E-state index >= 15 is 0 Å². The Morgan fingerprint density at radius 3 is 2.68 bits per heavy atom. The second kappa shape index (κ2) is 9.15. The van der Waals surface area contributed by atoms with Crippen molar-refractivity contribution in [3.63, 3.8) is 0 Å². The number of aromatic nitrogens is 1. The predicted octanol–water partition coefficient (Wildman–Crippen LogP) is 1.96. The maximum absolute atomic E-state index is 12.2. The summed E-state index contributed by atoms with van der Waals surface area (Å²) in [5, 5.41) is 6.08. The third-order valence-corrected chi connectivity index (χ3v) is 5.44. The Balaban J connectivity index is 1.46. The number of urea groups is 1. The van der Waals surface area contributed by atoms with Gasteiger partial charge in [0.2, 0.25) is 0 Å². The van der Waals surface area contributed by atoms with Crippen molar-refractivity contribution in [2.75, 3.05) is 39.4 Å². The average Bonchev–Trinajstić information content (AvgIpc) is 2.69. The Labute approximate surface area is 150 Å². The van der Waals surface area contributed by atoms with Gasteiger partial charge in [-0.3, -0.25) is 9.88 Å². The van der Waals surface area contributed by atoms with E-state index < -0.39 is 0 Å². The fraction of sp³-hybridized carbons (Fsp3) is 0.684. The van der Waals surface area contributed by atoms with Crippen molar-refractivity contribution in [1.82, 2.24) is 20.5 Å². The number of nitrogens with one attached hydrogen (secondary N) is 2. The van der Waals surface area contributed by atoms with Crippen LogP contribution in [-0.4, -0.2) is 60.8 Å². The van der Waals surface area contributed by atoms with Crippen molar-refractivity contribution in [3.05, 3.63) is 30.1 Å². The van der Waals surface area contributed by atoms with Gasteiger partial charge in [-0.15, -0.1) is 0 Å². The van der Waals surface area contributed by atoms with Gasteiger partial charge in [0.1, 0.15) is 0 Å². The first-order valence-electron chi connectivity index (χ1n) is 9.53. The highest BCUT2D eigenvalue weighted by molar-refractivity contribution is 5.73. The molecule has 2 aliphatic rings. The molecule has 1 saturated heterocycles. The van der Waals surface area contributed by atoms with Crippen LogP contribution in [0, 0.1) is 0 Å². The van der Waals surface area contributed by atoms with Gasteiger partial charge in [-0.25, -0.2) is 4.79 Å². The molecular weight excluding hydrogens is 316 g/mol. The molecular formula is C19H30N4O2. The van der Waals surface area contributed by atoms with Gasteiger partial charge in [0.25, 0.3) is 0 Å². The number of rotatable bonds is 6. The van der Waals surface area contributed by atoms with Crippen molar-refractivity contribution in [2.45, 2.75) is 44.1 Å². The number of nitrogens with zero attached hydrogens (tertiary/aromatic N) is 2. The van der Waals surface area contributed by atoms with Gasteiger partial charge in [-0.2, -0.15) is 0 Å². The lowest BCUT2D eigenvalue weighted by molar-refractivity contribution is -0.0357. The lowest BCUT2D eigenvalue weighted by Gasteiger charge is -2.48. The molecule has 6 heteroatoms. The first-order valence-corrected chi connectivity index (χ1v) is 9.53. The zero-order valence-electron chi connectivity index (χ0n) is 15.0. The van der Waals surface area contributed by atoms with Crippen molar-refractivity contribution in [1.29, 1.82) is 0 Å². The van der Waals surface area contributed by atoms with E-state index in [1.54, 1.807) is 6.20 Å². The van der Waals surface area contributed by atoms with Crippen LogP contribution in [0.4, 0.5) is 4.79 Å². The monoisotopic (exact) mass is 346 g/mol. The molecule has 1 aliphatic carbocycles. The van der Waals surface area contributed by atoms with Crippen molar-refractivity contribution in [2.24, 2.45) is 0 Å². The van der Waals surface area contributed by atoms with Crippen LogP contribution in [0.3, 0.4) is 0 Å². The number of carbonyl (C=O) groups excluding carboxylic acids is 1. The smallest absolute Gasteiger partial charge is 0.314 e. The molecule has 6 nitrogen and oxygen atoms in total. The highest BCUT2D eigenvalue weighted by Gasteiger charge is 2.38. The van der Waals surface area contributed by atoms with Gasteiger partial charge < -0.3 is 15.4 Å². The lowest BCUT2D eigenvalue weighted by atomic mass is 9.80. The molecule has 0 unspecified atom stereocenters. The Bertz CT molecular complexity index is 525. The summed E-state index contributed by atoms with van der Waals surface area (Å²) >= 11 is 0. The topological polar surface area (TPSA) is 66.5 Å². The molecule has 25 heavy (non-hydrogen) atoms. The number of hydrogen-bond donors (Lipinski definition) is 2. The van der Waals surface area contributed by atoms with E-state index in [4.69, 9.17) is 4.74 Å². The third-order valence-electron chi connectivity index (χ3n) is 5.44. The van der Waals surface area contributed by atoms with Crippen LogP contribution in [-0.2, 0) is 11.2 Å². The van der Waals surface area contributed by atoms with Crippen LogP contribution in [0.25, 0.3) is 0 Å². The molecule has 2 fully saturated rings. The Hall–Kier alpha value is -1.66. The van der Waals surface area contributed by atoms with Crippen LogP contribution in [0.2, 0.25) is 0 Å². The van der Waals surface area contributed by atoms with Crippen molar-refractivity contribution < 1.29 is 9.53 Å². The minimum absolute atomic E-state index is 0.0749. The predicted molar refractivity (Wildman–Crippen MR) is 97.6 cm³/mol. The number of pyridine rings is 1. The highest BCUT2D eigenvalue weighted by atomic mass is 16.5. The second-order valence-corrected chi connectivity index (χ2v) is 7.06. The summed E-state index contributed by atoms with van der Waals surface area (Å²) < 4.78 is 5.51. The normalized spacial score (nSPS) is 20.8. The van der Waals surface area contributed by atoms with Crippen molar-refractivity contribution in [3.8, 4) is 0 Å². The van der Waals surface area contributed by atoms with Crippen molar-refractivity contribution >= 4 is 6.03 Å². The molecule has 1 aliphatic heterocycles. The van der Waals surface area contributed by atoms with E-state index in [1.165, 1.54) is 32.1 Å². The van der Waals surface area contributed by atoms with E-state index in [9.17, 15) is 4.79 Å². The second-order valence-electron chi connectivity index (χ2n) is 7.06. The molecule has 2 N–H and O–H groups in total. The summed E-state index contributed by atoms with van der Waals surface area (Å²) in [6.07, 6.45) is 8.68. The maximum Gasteiger partial charge on any atom is 0.314 e. The van der Waals surface area contributed by atoms with Crippen LogP contribution in [0.5, 0.6) is 0 Å².